The SMILES string of the molecule is COc1cc(C)c(CCC(C)(O)C#CC2c3c(cc4c(c3OC)OCO4)CCN2C)c(C)c1C.Cl. The van der Waals surface area contributed by atoms with Crippen molar-refractivity contribution in [2.75, 3.05) is 34.6 Å². The third-order valence-electron chi connectivity index (χ3n) is 7.16. The number of hydrogen-bond donors (Lipinski definition) is 1. The smallest absolute Gasteiger partial charge is 0.231 e. The molecule has 2 atom stereocenters. The Kier molecular flexibility index (Phi) is 8.16. The molecule has 0 amide bonds. The van der Waals surface area contributed by atoms with E-state index in [1.54, 1.807) is 21.1 Å². The molecule has 2 aliphatic rings. The van der Waals surface area contributed by atoms with E-state index in [2.05, 4.69) is 43.6 Å². The van der Waals surface area contributed by atoms with Gasteiger partial charge in [-0.3, -0.25) is 4.90 Å². The average Bonchev–Trinajstić information content (AvgIpc) is 3.27. The molecule has 6 nitrogen and oxygen atoms in total. The Morgan fingerprint density at radius 3 is 2.57 bits per heavy atom. The molecule has 2 unspecified atom stereocenters. The third kappa shape index (κ3) is 5.18. The molecular weight excluding hydrogens is 466 g/mol. The highest BCUT2D eigenvalue weighted by atomic mass is 35.5. The molecule has 0 fully saturated rings. The van der Waals surface area contributed by atoms with Gasteiger partial charge in [0, 0.05) is 12.1 Å². The molecule has 1 N–H and O–H groups in total. The number of likely N-dealkylation sites (N-methyl/N-ethyl adjacent to an activating group) is 1. The molecule has 0 aromatic heterocycles. The summed E-state index contributed by atoms with van der Waals surface area (Å²) in [4.78, 5) is 2.19. The standard InChI is InChI=1S/C28H35NO5.ClH/c1-17-14-23(31-6)19(3)18(2)21(17)8-11-28(4,30)12-9-22-25-20(10-13-29(22)5)15-24-26(27(25)32-7)34-16-33-24;/h14-15,22,30H,8,10-11,13,16H2,1-7H3;1H. The van der Waals surface area contributed by atoms with E-state index in [0.29, 0.717) is 17.9 Å². The van der Waals surface area contributed by atoms with Crippen molar-refractivity contribution in [3.63, 3.8) is 0 Å². The Labute approximate surface area is 214 Å². The Bertz CT molecular complexity index is 1160. The zero-order valence-electron chi connectivity index (χ0n) is 21.7. The molecule has 2 aromatic rings. The zero-order valence-corrected chi connectivity index (χ0v) is 22.5. The van der Waals surface area contributed by atoms with Crippen molar-refractivity contribution in [2.24, 2.45) is 0 Å². The Balaban J connectivity index is 0.00000342. The number of ether oxygens (including phenoxy) is 4. The van der Waals surface area contributed by atoms with Gasteiger partial charge in [-0.2, -0.15) is 0 Å². The Morgan fingerprint density at radius 2 is 1.89 bits per heavy atom. The Morgan fingerprint density at radius 1 is 1.14 bits per heavy atom. The Hall–Kier alpha value is -2.59. The maximum absolute atomic E-state index is 11.2. The summed E-state index contributed by atoms with van der Waals surface area (Å²) in [6.07, 6.45) is 2.15. The second kappa shape index (κ2) is 10.6. The predicted molar refractivity (Wildman–Crippen MR) is 139 cm³/mol. The third-order valence-corrected chi connectivity index (χ3v) is 7.16. The van der Waals surface area contributed by atoms with E-state index < -0.39 is 5.60 Å². The van der Waals surface area contributed by atoms with E-state index in [9.17, 15) is 5.11 Å². The average molecular weight is 502 g/mol. The molecule has 0 saturated carbocycles. The highest BCUT2D eigenvalue weighted by molar-refractivity contribution is 5.85. The van der Waals surface area contributed by atoms with Crippen LogP contribution in [0.25, 0.3) is 0 Å². The largest absolute Gasteiger partial charge is 0.496 e. The van der Waals surface area contributed by atoms with E-state index in [1.165, 1.54) is 16.7 Å². The lowest BCUT2D eigenvalue weighted by Crippen LogP contribution is -2.32. The number of nitrogens with zero attached hydrogens (tertiary/aromatic N) is 1. The van der Waals surface area contributed by atoms with Crippen LogP contribution in [0.2, 0.25) is 0 Å². The van der Waals surface area contributed by atoms with Crippen LogP contribution < -0.4 is 18.9 Å². The highest BCUT2D eigenvalue weighted by Crippen LogP contribution is 2.49. The van der Waals surface area contributed by atoms with Gasteiger partial charge in [0.1, 0.15) is 17.4 Å². The van der Waals surface area contributed by atoms with Gasteiger partial charge < -0.3 is 24.1 Å². The van der Waals surface area contributed by atoms with Crippen LogP contribution in [0.15, 0.2) is 12.1 Å². The highest BCUT2D eigenvalue weighted by Gasteiger charge is 2.33. The quantitative estimate of drug-likeness (QED) is 0.599. The fourth-order valence-electron chi connectivity index (χ4n) is 4.97. The van der Waals surface area contributed by atoms with Gasteiger partial charge in [0.2, 0.25) is 12.5 Å². The van der Waals surface area contributed by atoms with Gasteiger partial charge in [0.25, 0.3) is 0 Å². The van der Waals surface area contributed by atoms with Crippen molar-refractivity contribution in [1.29, 1.82) is 0 Å². The molecule has 7 heteroatoms. The lowest BCUT2D eigenvalue weighted by molar-refractivity contribution is 0.112. The molecule has 4 rings (SSSR count). The number of hydrogen-bond acceptors (Lipinski definition) is 6. The van der Waals surface area contributed by atoms with Crippen LogP contribution in [-0.2, 0) is 12.8 Å². The molecule has 2 aromatic carbocycles. The molecule has 2 heterocycles. The number of halogens is 1. The van der Waals surface area contributed by atoms with Crippen LogP contribution in [0, 0.1) is 32.6 Å². The summed E-state index contributed by atoms with van der Waals surface area (Å²) in [6, 6.07) is 3.91. The van der Waals surface area contributed by atoms with Gasteiger partial charge in [-0.1, -0.05) is 11.8 Å². The predicted octanol–water partition coefficient (Wildman–Crippen LogP) is 4.70. The maximum Gasteiger partial charge on any atom is 0.231 e. The van der Waals surface area contributed by atoms with Crippen LogP contribution >= 0.6 is 12.4 Å². The number of aliphatic hydroxyl groups is 1. The molecule has 0 aliphatic carbocycles. The first-order valence-electron chi connectivity index (χ1n) is 11.7. The monoisotopic (exact) mass is 501 g/mol. The van der Waals surface area contributed by atoms with Crippen LogP contribution in [0.4, 0.5) is 0 Å². The fraction of sp³-hybridized carbons (Fsp3) is 0.500. The van der Waals surface area contributed by atoms with Gasteiger partial charge in [0.05, 0.1) is 14.2 Å². The summed E-state index contributed by atoms with van der Waals surface area (Å²) in [6.45, 7) is 9.13. The van der Waals surface area contributed by atoms with Crippen molar-refractivity contribution in [2.45, 2.75) is 58.6 Å². The molecule has 0 spiro atoms. The van der Waals surface area contributed by atoms with Crippen molar-refractivity contribution >= 4 is 12.4 Å². The number of rotatable bonds is 5. The van der Waals surface area contributed by atoms with Crippen molar-refractivity contribution in [3.8, 4) is 34.8 Å². The molecule has 0 bridgehead atoms. The van der Waals surface area contributed by atoms with Gasteiger partial charge >= 0.3 is 0 Å². The van der Waals surface area contributed by atoms with Crippen LogP contribution in [-0.4, -0.2) is 50.2 Å². The number of aryl methyl sites for hydroxylation is 1. The van der Waals surface area contributed by atoms with E-state index in [4.69, 9.17) is 18.9 Å². The van der Waals surface area contributed by atoms with Crippen LogP contribution in [0.1, 0.15) is 52.8 Å². The van der Waals surface area contributed by atoms with Gasteiger partial charge in [-0.05, 0) is 94.0 Å². The van der Waals surface area contributed by atoms with E-state index in [0.717, 1.165) is 47.6 Å². The summed E-state index contributed by atoms with van der Waals surface area (Å²) in [5.74, 6) is 9.47. The summed E-state index contributed by atoms with van der Waals surface area (Å²) in [7, 11) is 5.40. The van der Waals surface area contributed by atoms with E-state index >= 15 is 0 Å². The molecular formula is C28H36ClNO5. The minimum Gasteiger partial charge on any atom is -0.496 e. The second-order valence-corrected chi connectivity index (χ2v) is 9.52. The van der Waals surface area contributed by atoms with Crippen LogP contribution in [0.5, 0.6) is 23.0 Å². The van der Waals surface area contributed by atoms with Crippen molar-refractivity contribution in [3.05, 3.63) is 45.5 Å². The van der Waals surface area contributed by atoms with E-state index in [1.807, 2.05) is 13.1 Å². The number of methoxy groups -OCH3 is 2. The lowest BCUT2D eigenvalue weighted by Gasteiger charge is -2.33. The summed E-state index contributed by atoms with van der Waals surface area (Å²) in [5.41, 5.74) is 5.79. The summed E-state index contributed by atoms with van der Waals surface area (Å²) in [5, 5.41) is 11.2. The van der Waals surface area contributed by atoms with Crippen LogP contribution in [0.3, 0.4) is 0 Å². The summed E-state index contributed by atoms with van der Waals surface area (Å²) < 4.78 is 22.5. The molecule has 0 saturated heterocycles. The zero-order chi connectivity index (χ0) is 24.6. The van der Waals surface area contributed by atoms with Crippen molar-refractivity contribution in [1.82, 2.24) is 4.90 Å². The van der Waals surface area contributed by atoms with Crippen molar-refractivity contribution < 1.29 is 24.1 Å². The van der Waals surface area contributed by atoms with Gasteiger partial charge in [-0.25, -0.2) is 0 Å². The normalized spacial score (nSPS) is 18.0. The minimum atomic E-state index is -1.13. The van der Waals surface area contributed by atoms with Gasteiger partial charge in [0.15, 0.2) is 11.5 Å². The topological polar surface area (TPSA) is 60.4 Å². The van der Waals surface area contributed by atoms with E-state index in [-0.39, 0.29) is 25.2 Å². The molecule has 35 heavy (non-hydrogen) atoms. The number of benzene rings is 2. The molecule has 2 aliphatic heterocycles. The first-order chi connectivity index (χ1) is 16.2. The molecule has 190 valence electrons. The second-order valence-electron chi connectivity index (χ2n) is 9.52. The minimum absolute atomic E-state index is 0. The summed E-state index contributed by atoms with van der Waals surface area (Å²) >= 11 is 0. The number of fused-ring (bicyclic) bond motifs is 2. The molecule has 0 radical (unpaired) electrons. The maximum atomic E-state index is 11.2. The first kappa shape index (κ1) is 27.0. The lowest BCUT2D eigenvalue weighted by atomic mass is 9.88. The first-order valence-corrected chi connectivity index (χ1v) is 11.7. The van der Waals surface area contributed by atoms with Gasteiger partial charge in [-0.15, -0.1) is 12.4 Å². The fourth-order valence-corrected chi connectivity index (χ4v) is 4.97.